The summed E-state index contributed by atoms with van der Waals surface area (Å²) >= 11 is 0. The molecule has 0 aliphatic heterocycles. The summed E-state index contributed by atoms with van der Waals surface area (Å²) in [4.78, 5) is 12.5. The third kappa shape index (κ3) is 7.23. The van der Waals surface area contributed by atoms with Crippen molar-refractivity contribution in [3.63, 3.8) is 0 Å². The molecule has 2 aliphatic rings. The van der Waals surface area contributed by atoms with Crippen molar-refractivity contribution in [2.45, 2.75) is 79.1 Å². The van der Waals surface area contributed by atoms with Crippen LogP contribution < -0.4 is 0 Å². The van der Waals surface area contributed by atoms with Gasteiger partial charge < -0.3 is 0 Å². The number of benzene rings is 1. The number of allylic oxidation sites excluding steroid dienone is 4. The fourth-order valence-electron chi connectivity index (χ4n) is 4.15. The van der Waals surface area contributed by atoms with E-state index in [2.05, 4.69) is 77.6 Å². The van der Waals surface area contributed by atoms with Crippen LogP contribution in [0.25, 0.3) is 0 Å². The first-order valence-electron chi connectivity index (χ1n) is 11.4. The molecule has 0 heterocycles. The van der Waals surface area contributed by atoms with E-state index in [0.29, 0.717) is 5.78 Å². The molecule has 2 aliphatic carbocycles. The van der Waals surface area contributed by atoms with Crippen LogP contribution in [0.1, 0.15) is 84.6 Å². The van der Waals surface area contributed by atoms with Gasteiger partial charge in [-0.25, -0.2) is 0 Å². The van der Waals surface area contributed by atoms with E-state index in [-0.39, 0.29) is 16.8 Å². The summed E-state index contributed by atoms with van der Waals surface area (Å²) in [7, 11) is 0. The Hall–Kier alpha value is -1.12. The number of ketones is 1. The Bertz CT molecular complexity index is 659. The summed E-state index contributed by atoms with van der Waals surface area (Å²) in [5.74, 6) is 1.68. The first-order valence-corrected chi connectivity index (χ1v) is 11.4. The third-order valence-corrected chi connectivity index (χ3v) is 5.41. The average Bonchev–Trinajstić information content (AvgIpc) is 3.36. The van der Waals surface area contributed by atoms with Gasteiger partial charge in [-0.15, -0.1) is 0 Å². The molecule has 0 spiro atoms. The van der Waals surface area contributed by atoms with Crippen LogP contribution in [0.5, 0.6) is 0 Å². The number of carbonyl (C=O) groups is 1. The molecule has 164 valence electrons. The topological polar surface area (TPSA) is 17.1 Å². The molecule has 3 rings (SSSR count). The SMILES string of the molecule is CCCC1=C(CCC)C(CCC)=C(CCC)C1=O.[CH]1[CH][CH][C](c2ccccc2)[CH]1.[Co]. The van der Waals surface area contributed by atoms with Gasteiger partial charge in [0.2, 0.25) is 0 Å². The van der Waals surface area contributed by atoms with Gasteiger partial charge in [-0.05, 0) is 68.1 Å². The van der Waals surface area contributed by atoms with Gasteiger partial charge in [0, 0.05) is 33.8 Å². The van der Waals surface area contributed by atoms with Crippen molar-refractivity contribution in [1.29, 1.82) is 0 Å². The van der Waals surface area contributed by atoms with E-state index >= 15 is 0 Å². The maximum absolute atomic E-state index is 12.5. The molecule has 30 heavy (non-hydrogen) atoms. The minimum absolute atomic E-state index is 0. The Morgan fingerprint density at radius 2 is 1.00 bits per heavy atom. The van der Waals surface area contributed by atoms with E-state index in [0.717, 1.165) is 62.5 Å². The molecule has 6 radical (unpaired) electrons. The molecule has 1 fully saturated rings. The number of Topliss-reactive ketones (excluding diaryl/α,β-unsaturated/α-hetero) is 1. The van der Waals surface area contributed by atoms with Gasteiger partial charge in [0.25, 0.3) is 0 Å². The van der Waals surface area contributed by atoms with Crippen LogP contribution in [0.3, 0.4) is 0 Å². The summed E-state index contributed by atoms with van der Waals surface area (Å²) in [6.07, 6.45) is 16.9. The molecular formula is C28H37CoO. The van der Waals surface area contributed by atoms with Gasteiger partial charge in [-0.2, -0.15) is 0 Å². The number of hydrogen-bond acceptors (Lipinski definition) is 1. The molecule has 0 unspecified atom stereocenters. The van der Waals surface area contributed by atoms with E-state index in [1.54, 1.807) is 0 Å². The zero-order valence-electron chi connectivity index (χ0n) is 19.1. The Balaban J connectivity index is 0.000000320. The Morgan fingerprint density at radius 1 is 0.600 bits per heavy atom. The van der Waals surface area contributed by atoms with Gasteiger partial charge in [0.15, 0.2) is 5.78 Å². The van der Waals surface area contributed by atoms with Crippen LogP contribution in [0, 0.1) is 31.6 Å². The first kappa shape index (κ1) is 26.9. The van der Waals surface area contributed by atoms with Crippen molar-refractivity contribution in [3.8, 4) is 0 Å². The van der Waals surface area contributed by atoms with E-state index in [9.17, 15) is 4.79 Å². The van der Waals surface area contributed by atoms with Gasteiger partial charge in [-0.3, -0.25) is 4.79 Å². The molecule has 0 N–H and O–H groups in total. The summed E-state index contributed by atoms with van der Waals surface area (Å²) < 4.78 is 0. The van der Waals surface area contributed by atoms with E-state index in [1.165, 1.54) is 22.6 Å². The zero-order chi connectivity index (χ0) is 21.1. The number of hydrogen-bond donors (Lipinski definition) is 0. The molecule has 0 saturated heterocycles. The van der Waals surface area contributed by atoms with Crippen LogP contribution in [0.2, 0.25) is 0 Å². The zero-order valence-corrected chi connectivity index (χ0v) is 20.1. The molecule has 1 nitrogen and oxygen atoms in total. The molecule has 0 bridgehead atoms. The largest absolute Gasteiger partial charge is 0.289 e. The predicted molar refractivity (Wildman–Crippen MR) is 125 cm³/mol. The number of carbonyl (C=O) groups excluding carboxylic acids is 1. The predicted octanol–water partition coefficient (Wildman–Crippen LogP) is 7.80. The van der Waals surface area contributed by atoms with Crippen molar-refractivity contribution >= 4 is 5.78 Å². The minimum Gasteiger partial charge on any atom is -0.289 e. The number of rotatable bonds is 9. The van der Waals surface area contributed by atoms with Crippen LogP contribution in [0.4, 0.5) is 0 Å². The van der Waals surface area contributed by atoms with Crippen molar-refractivity contribution < 1.29 is 21.6 Å². The van der Waals surface area contributed by atoms with Crippen molar-refractivity contribution in [3.05, 3.63) is 89.8 Å². The Morgan fingerprint density at radius 3 is 1.40 bits per heavy atom. The summed E-state index contributed by atoms with van der Waals surface area (Å²) in [5.41, 5.74) is 6.40. The van der Waals surface area contributed by atoms with Crippen LogP contribution >= 0.6 is 0 Å². The molecule has 0 amide bonds. The normalized spacial score (nSPS) is 16.6. The molecule has 0 aromatic heterocycles. The van der Waals surface area contributed by atoms with Crippen LogP contribution in [0.15, 0.2) is 52.6 Å². The fourth-order valence-corrected chi connectivity index (χ4v) is 4.15. The molecular weight excluding hydrogens is 411 g/mol. The van der Waals surface area contributed by atoms with Crippen LogP contribution in [-0.4, -0.2) is 5.78 Å². The molecule has 1 aromatic carbocycles. The summed E-state index contributed by atoms with van der Waals surface area (Å²) in [6.45, 7) is 8.76. The van der Waals surface area contributed by atoms with Gasteiger partial charge >= 0.3 is 0 Å². The van der Waals surface area contributed by atoms with Crippen molar-refractivity contribution in [2.24, 2.45) is 0 Å². The summed E-state index contributed by atoms with van der Waals surface area (Å²) in [6, 6.07) is 10.4. The maximum Gasteiger partial charge on any atom is 0.185 e. The molecule has 1 saturated carbocycles. The second-order valence-corrected chi connectivity index (χ2v) is 7.78. The van der Waals surface area contributed by atoms with Crippen molar-refractivity contribution in [2.75, 3.05) is 0 Å². The van der Waals surface area contributed by atoms with Crippen molar-refractivity contribution in [1.82, 2.24) is 0 Å². The van der Waals surface area contributed by atoms with E-state index < -0.39 is 0 Å². The van der Waals surface area contributed by atoms with Gasteiger partial charge in [-0.1, -0.05) is 83.7 Å². The minimum atomic E-state index is 0. The molecule has 0 atom stereocenters. The fraction of sp³-hybridized carbons (Fsp3) is 0.429. The molecule has 2 heteroatoms. The standard InChI is InChI=1S/C17H28O.C11H9.Co/c1-5-9-13-14(10-6-2)16(12-8-4)17(18)15(13)11-7-3;1-2-6-10(7-3-1)11-8-4-5-9-11;/h5-12H2,1-4H3;1-9H;. The quantitative estimate of drug-likeness (QED) is 0.377. The first-order chi connectivity index (χ1) is 14.2. The average molecular weight is 449 g/mol. The second-order valence-electron chi connectivity index (χ2n) is 7.78. The Labute approximate surface area is 196 Å². The Kier molecular flexibility index (Phi) is 13.3. The summed E-state index contributed by atoms with van der Waals surface area (Å²) in [5, 5.41) is 0. The monoisotopic (exact) mass is 448 g/mol. The van der Waals surface area contributed by atoms with Crippen LogP contribution in [-0.2, 0) is 21.6 Å². The second kappa shape index (κ2) is 14.8. The smallest absolute Gasteiger partial charge is 0.185 e. The third-order valence-electron chi connectivity index (χ3n) is 5.41. The maximum atomic E-state index is 12.5. The van der Waals surface area contributed by atoms with Gasteiger partial charge in [0.05, 0.1) is 0 Å². The van der Waals surface area contributed by atoms with Gasteiger partial charge in [0.1, 0.15) is 0 Å². The molecule has 1 aromatic rings. The van der Waals surface area contributed by atoms with E-state index in [4.69, 9.17) is 0 Å². The van der Waals surface area contributed by atoms with E-state index in [1.807, 2.05) is 6.07 Å².